The molecule has 0 aromatic carbocycles. The van der Waals surface area contributed by atoms with Gasteiger partial charge in [0.05, 0.1) is 0 Å². The molecule has 96 valence electrons. The van der Waals surface area contributed by atoms with E-state index >= 15 is 0 Å². The second-order valence-electron chi connectivity index (χ2n) is 4.92. The largest absolute Gasteiger partial charge is 0.385 e. The van der Waals surface area contributed by atoms with Gasteiger partial charge in [-0.3, -0.25) is 4.79 Å². The third-order valence-electron chi connectivity index (χ3n) is 3.31. The predicted octanol–water partition coefficient (Wildman–Crippen LogP) is 2.74. The average molecular weight is 229 g/mol. The Morgan fingerprint density at radius 2 is 2.06 bits per heavy atom. The Morgan fingerprint density at radius 1 is 1.44 bits per heavy atom. The molecule has 0 rings (SSSR count). The lowest BCUT2D eigenvalue weighted by molar-refractivity contribution is -0.124. The minimum absolute atomic E-state index is 0.124. The summed E-state index contributed by atoms with van der Waals surface area (Å²) in [6.07, 6.45) is 3.47. The zero-order chi connectivity index (χ0) is 12.6. The number of methoxy groups -OCH3 is 1. The molecule has 1 N–H and O–H groups in total. The number of hydrogen-bond acceptors (Lipinski definition) is 2. The number of ether oxygens (including phenoxy) is 1. The van der Waals surface area contributed by atoms with Crippen molar-refractivity contribution in [3.05, 3.63) is 0 Å². The lowest BCUT2D eigenvalue weighted by Gasteiger charge is -2.30. The van der Waals surface area contributed by atoms with Gasteiger partial charge in [0.15, 0.2) is 0 Å². The standard InChI is InChI=1S/C13H27NO2/c1-6-11(3)10-12(15)14-13(4,7-2)8-9-16-5/h11H,6-10H2,1-5H3,(H,14,15). The number of carbonyl (C=O) groups excluding carboxylic acids is 1. The molecular formula is C13H27NO2. The lowest BCUT2D eigenvalue weighted by Crippen LogP contribution is -2.46. The van der Waals surface area contributed by atoms with Crippen LogP contribution in [0, 0.1) is 5.92 Å². The summed E-state index contributed by atoms with van der Waals surface area (Å²) in [4.78, 5) is 11.8. The molecular weight excluding hydrogens is 202 g/mol. The second-order valence-corrected chi connectivity index (χ2v) is 4.92. The summed E-state index contributed by atoms with van der Waals surface area (Å²) in [5.41, 5.74) is -0.124. The molecule has 3 nitrogen and oxygen atoms in total. The van der Waals surface area contributed by atoms with Crippen LogP contribution >= 0.6 is 0 Å². The molecule has 0 aliphatic rings. The van der Waals surface area contributed by atoms with E-state index in [0.29, 0.717) is 18.9 Å². The summed E-state index contributed by atoms with van der Waals surface area (Å²) in [5, 5.41) is 3.12. The van der Waals surface area contributed by atoms with Crippen LogP contribution in [-0.2, 0) is 9.53 Å². The van der Waals surface area contributed by atoms with Crippen molar-refractivity contribution in [1.29, 1.82) is 0 Å². The van der Waals surface area contributed by atoms with E-state index in [1.807, 2.05) is 0 Å². The molecule has 0 saturated heterocycles. The van der Waals surface area contributed by atoms with Crippen molar-refractivity contribution in [1.82, 2.24) is 5.32 Å². The van der Waals surface area contributed by atoms with Crippen LogP contribution in [0.5, 0.6) is 0 Å². The lowest BCUT2D eigenvalue weighted by atomic mass is 9.94. The highest BCUT2D eigenvalue weighted by molar-refractivity contribution is 5.76. The average Bonchev–Trinajstić information content (AvgIpc) is 2.26. The first-order valence-corrected chi connectivity index (χ1v) is 6.27. The molecule has 0 fully saturated rings. The maximum atomic E-state index is 11.8. The molecule has 0 aliphatic carbocycles. The molecule has 0 aromatic heterocycles. The fourth-order valence-corrected chi connectivity index (χ4v) is 1.50. The molecule has 1 amide bonds. The Bertz CT molecular complexity index is 206. The molecule has 0 bridgehead atoms. The minimum atomic E-state index is -0.124. The first-order chi connectivity index (χ1) is 7.47. The van der Waals surface area contributed by atoms with Crippen molar-refractivity contribution in [2.45, 2.75) is 58.9 Å². The first-order valence-electron chi connectivity index (χ1n) is 6.27. The molecule has 0 heterocycles. The molecule has 2 atom stereocenters. The SMILES string of the molecule is CCC(C)CC(=O)NC(C)(CC)CCOC. The Kier molecular flexibility index (Phi) is 7.39. The van der Waals surface area contributed by atoms with Gasteiger partial charge in [0.25, 0.3) is 0 Å². The molecule has 0 spiro atoms. The highest BCUT2D eigenvalue weighted by atomic mass is 16.5. The third-order valence-corrected chi connectivity index (χ3v) is 3.31. The van der Waals surface area contributed by atoms with Crippen molar-refractivity contribution < 1.29 is 9.53 Å². The number of hydrogen-bond donors (Lipinski definition) is 1. The van der Waals surface area contributed by atoms with Gasteiger partial charge >= 0.3 is 0 Å². The van der Waals surface area contributed by atoms with Crippen LogP contribution in [0.1, 0.15) is 53.4 Å². The number of carbonyl (C=O) groups is 1. The van der Waals surface area contributed by atoms with E-state index in [2.05, 4.69) is 33.0 Å². The topological polar surface area (TPSA) is 38.3 Å². The minimum Gasteiger partial charge on any atom is -0.385 e. The quantitative estimate of drug-likeness (QED) is 0.695. The monoisotopic (exact) mass is 229 g/mol. The summed E-state index contributed by atoms with van der Waals surface area (Å²) < 4.78 is 5.07. The molecule has 2 unspecified atom stereocenters. The highest BCUT2D eigenvalue weighted by Gasteiger charge is 2.24. The van der Waals surface area contributed by atoms with Gasteiger partial charge in [-0.05, 0) is 25.7 Å². The van der Waals surface area contributed by atoms with Crippen LogP contribution in [0.3, 0.4) is 0 Å². The zero-order valence-corrected chi connectivity index (χ0v) is 11.4. The first kappa shape index (κ1) is 15.4. The molecule has 0 radical (unpaired) electrons. The summed E-state index contributed by atoms with van der Waals surface area (Å²) in [7, 11) is 1.69. The van der Waals surface area contributed by atoms with Gasteiger partial charge in [-0.25, -0.2) is 0 Å². The van der Waals surface area contributed by atoms with Crippen molar-refractivity contribution in [2.75, 3.05) is 13.7 Å². The maximum absolute atomic E-state index is 11.8. The Morgan fingerprint density at radius 3 is 2.50 bits per heavy atom. The van der Waals surface area contributed by atoms with Crippen LogP contribution in [0.2, 0.25) is 0 Å². The second kappa shape index (κ2) is 7.66. The van der Waals surface area contributed by atoms with Crippen molar-refractivity contribution in [3.63, 3.8) is 0 Å². The van der Waals surface area contributed by atoms with E-state index < -0.39 is 0 Å². The summed E-state index contributed by atoms with van der Waals surface area (Å²) in [6, 6.07) is 0. The van der Waals surface area contributed by atoms with Crippen molar-refractivity contribution in [2.24, 2.45) is 5.92 Å². The Labute approximate surface area is 99.9 Å². The number of rotatable bonds is 8. The van der Waals surface area contributed by atoms with Gasteiger partial charge in [0, 0.05) is 25.7 Å². The summed E-state index contributed by atoms with van der Waals surface area (Å²) in [5.74, 6) is 0.623. The molecule has 0 saturated carbocycles. The van der Waals surface area contributed by atoms with Crippen molar-refractivity contribution in [3.8, 4) is 0 Å². The third kappa shape index (κ3) is 6.11. The van der Waals surface area contributed by atoms with E-state index in [9.17, 15) is 4.79 Å². The van der Waals surface area contributed by atoms with E-state index in [1.54, 1.807) is 7.11 Å². The molecule has 0 aliphatic heterocycles. The zero-order valence-electron chi connectivity index (χ0n) is 11.4. The predicted molar refractivity (Wildman–Crippen MR) is 67.4 cm³/mol. The fraction of sp³-hybridized carbons (Fsp3) is 0.923. The molecule has 16 heavy (non-hydrogen) atoms. The van der Waals surface area contributed by atoms with Crippen LogP contribution in [0.15, 0.2) is 0 Å². The van der Waals surface area contributed by atoms with Gasteiger partial charge in [0.2, 0.25) is 5.91 Å². The summed E-state index contributed by atoms with van der Waals surface area (Å²) >= 11 is 0. The van der Waals surface area contributed by atoms with E-state index in [1.165, 1.54) is 0 Å². The number of amides is 1. The van der Waals surface area contributed by atoms with E-state index in [4.69, 9.17) is 4.74 Å². The van der Waals surface area contributed by atoms with E-state index in [0.717, 1.165) is 19.3 Å². The Hall–Kier alpha value is -0.570. The Balaban J connectivity index is 4.14. The van der Waals surface area contributed by atoms with Crippen LogP contribution in [-0.4, -0.2) is 25.2 Å². The maximum Gasteiger partial charge on any atom is 0.220 e. The van der Waals surface area contributed by atoms with Gasteiger partial charge < -0.3 is 10.1 Å². The van der Waals surface area contributed by atoms with Crippen LogP contribution in [0.25, 0.3) is 0 Å². The van der Waals surface area contributed by atoms with Crippen LogP contribution < -0.4 is 5.32 Å². The smallest absolute Gasteiger partial charge is 0.220 e. The summed E-state index contributed by atoms with van der Waals surface area (Å²) in [6.45, 7) is 9.09. The highest BCUT2D eigenvalue weighted by Crippen LogP contribution is 2.16. The molecule has 3 heteroatoms. The van der Waals surface area contributed by atoms with Gasteiger partial charge in [-0.1, -0.05) is 27.2 Å². The normalized spacial score (nSPS) is 16.6. The van der Waals surface area contributed by atoms with E-state index in [-0.39, 0.29) is 11.4 Å². The fourth-order valence-electron chi connectivity index (χ4n) is 1.50. The molecule has 0 aromatic rings. The van der Waals surface area contributed by atoms with Gasteiger partial charge in [-0.15, -0.1) is 0 Å². The van der Waals surface area contributed by atoms with Gasteiger partial charge in [-0.2, -0.15) is 0 Å². The van der Waals surface area contributed by atoms with Crippen molar-refractivity contribution >= 4 is 5.91 Å². The van der Waals surface area contributed by atoms with Gasteiger partial charge in [0.1, 0.15) is 0 Å². The number of nitrogens with one attached hydrogen (secondary N) is 1. The van der Waals surface area contributed by atoms with Crippen LogP contribution in [0.4, 0.5) is 0 Å².